The van der Waals surface area contributed by atoms with Crippen molar-refractivity contribution in [3.05, 3.63) is 34.2 Å². The number of imide groups is 1. The number of imidazole rings is 1. The molecule has 0 radical (unpaired) electrons. The molecule has 1 fully saturated rings. The minimum atomic E-state index is -0.656. The second kappa shape index (κ2) is 10.0. The number of carbonyl (C=O) groups is 2. The standard InChI is InChI=1S/C22H32N4O4/c1-15(2)23-12-6-14-30-13-5-8-16-7-4-9-17-20(16)25(3)22(29)26(17)18-10-11-19(27)24-21(18)28/h4,7,9,15,18,23H,5-6,8,10-14H2,1-3H3,(H,24,27,28). The summed E-state index contributed by atoms with van der Waals surface area (Å²) in [5.41, 5.74) is 2.40. The lowest BCUT2D eigenvalue weighted by atomic mass is 10.0. The van der Waals surface area contributed by atoms with Gasteiger partial charge in [-0.1, -0.05) is 26.0 Å². The first-order valence-corrected chi connectivity index (χ1v) is 10.7. The van der Waals surface area contributed by atoms with Crippen LogP contribution in [-0.4, -0.2) is 46.7 Å². The van der Waals surface area contributed by atoms with E-state index in [1.807, 2.05) is 18.2 Å². The normalized spacial score (nSPS) is 17.1. The smallest absolute Gasteiger partial charge is 0.329 e. The van der Waals surface area contributed by atoms with E-state index in [0.717, 1.165) is 49.0 Å². The predicted octanol–water partition coefficient (Wildman–Crippen LogP) is 1.66. The molecular weight excluding hydrogens is 384 g/mol. The Bertz CT molecular complexity index is 960. The highest BCUT2D eigenvalue weighted by Gasteiger charge is 2.31. The van der Waals surface area contributed by atoms with E-state index in [2.05, 4.69) is 24.5 Å². The minimum Gasteiger partial charge on any atom is -0.381 e. The molecule has 1 aromatic heterocycles. The molecule has 0 saturated carbocycles. The molecule has 1 atom stereocenters. The van der Waals surface area contributed by atoms with Crippen molar-refractivity contribution in [3.63, 3.8) is 0 Å². The van der Waals surface area contributed by atoms with Crippen LogP contribution >= 0.6 is 0 Å². The van der Waals surface area contributed by atoms with Gasteiger partial charge < -0.3 is 10.1 Å². The zero-order valence-electron chi connectivity index (χ0n) is 18.1. The summed E-state index contributed by atoms with van der Waals surface area (Å²) in [7, 11) is 1.73. The monoisotopic (exact) mass is 416 g/mol. The molecule has 1 aliphatic heterocycles. The largest absolute Gasteiger partial charge is 0.381 e. The van der Waals surface area contributed by atoms with Gasteiger partial charge in [-0.3, -0.25) is 24.0 Å². The third kappa shape index (κ3) is 4.99. The van der Waals surface area contributed by atoms with Crippen LogP contribution < -0.4 is 16.3 Å². The maximum atomic E-state index is 12.9. The first kappa shape index (κ1) is 22.2. The van der Waals surface area contributed by atoms with Gasteiger partial charge in [0.15, 0.2) is 0 Å². The van der Waals surface area contributed by atoms with Crippen LogP contribution in [0.25, 0.3) is 11.0 Å². The van der Waals surface area contributed by atoms with Crippen LogP contribution in [0.15, 0.2) is 23.0 Å². The highest BCUT2D eigenvalue weighted by atomic mass is 16.5. The molecule has 8 heteroatoms. The van der Waals surface area contributed by atoms with Crippen molar-refractivity contribution in [3.8, 4) is 0 Å². The lowest BCUT2D eigenvalue weighted by Crippen LogP contribution is -2.44. The minimum absolute atomic E-state index is 0.235. The molecular formula is C22H32N4O4. The summed E-state index contributed by atoms with van der Waals surface area (Å²) in [5, 5.41) is 5.71. The Balaban J connectivity index is 1.67. The van der Waals surface area contributed by atoms with E-state index in [1.54, 1.807) is 11.6 Å². The summed E-state index contributed by atoms with van der Waals surface area (Å²) in [6, 6.07) is 5.63. The van der Waals surface area contributed by atoms with Crippen molar-refractivity contribution >= 4 is 22.8 Å². The molecule has 3 rings (SSSR count). The van der Waals surface area contributed by atoms with Crippen LogP contribution in [0.4, 0.5) is 0 Å². The van der Waals surface area contributed by atoms with Crippen molar-refractivity contribution in [2.24, 2.45) is 7.05 Å². The quantitative estimate of drug-likeness (QED) is 0.454. The summed E-state index contributed by atoms with van der Waals surface area (Å²) in [4.78, 5) is 36.7. The van der Waals surface area contributed by atoms with Crippen molar-refractivity contribution in [2.75, 3.05) is 19.8 Å². The summed E-state index contributed by atoms with van der Waals surface area (Å²) >= 11 is 0. The number of aromatic nitrogens is 2. The second-order valence-corrected chi connectivity index (χ2v) is 8.14. The van der Waals surface area contributed by atoms with Crippen molar-refractivity contribution < 1.29 is 14.3 Å². The number of aryl methyl sites for hydroxylation is 2. The fourth-order valence-corrected chi connectivity index (χ4v) is 3.98. The summed E-state index contributed by atoms with van der Waals surface area (Å²) in [6.07, 6.45) is 3.20. The van der Waals surface area contributed by atoms with Crippen LogP contribution in [0, 0.1) is 0 Å². The number of ether oxygens (including phenoxy) is 1. The van der Waals surface area contributed by atoms with Crippen LogP contribution in [0.1, 0.15) is 51.1 Å². The Labute approximate surface area is 176 Å². The molecule has 1 unspecified atom stereocenters. The van der Waals surface area contributed by atoms with Gasteiger partial charge in [0.05, 0.1) is 11.0 Å². The van der Waals surface area contributed by atoms with E-state index in [-0.39, 0.29) is 18.0 Å². The van der Waals surface area contributed by atoms with Crippen molar-refractivity contribution in [1.82, 2.24) is 19.8 Å². The van der Waals surface area contributed by atoms with Gasteiger partial charge in [-0.05, 0) is 43.9 Å². The van der Waals surface area contributed by atoms with Gasteiger partial charge in [-0.2, -0.15) is 0 Å². The second-order valence-electron chi connectivity index (χ2n) is 8.14. The van der Waals surface area contributed by atoms with Gasteiger partial charge in [0, 0.05) is 32.7 Å². The van der Waals surface area contributed by atoms with E-state index in [0.29, 0.717) is 19.1 Å². The maximum Gasteiger partial charge on any atom is 0.329 e. The highest BCUT2D eigenvalue weighted by Crippen LogP contribution is 2.25. The molecule has 8 nitrogen and oxygen atoms in total. The maximum absolute atomic E-state index is 12.9. The van der Waals surface area contributed by atoms with Crippen LogP contribution in [0.3, 0.4) is 0 Å². The fourth-order valence-electron chi connectivity index (χ4n) is 3.98. The zero-order valence-corrected chi connectivity index (χ0v) is 18.1. The first-order chi connectivity index (χ1) is 14.4. The van der Waals surface area contributed by atoms with E-state index >= 15 is 0 Å². The molecule has 2 amide bonds. The van der Waals surface area contributed by atoms with Gasteiger partial charge in [0.2, 0.25) is 11.8 Å². The van der Waals surface area contributed by atoms with Crippen molar-refractivity contribution in [1.29, 1.82) is 0 Å². The van der Waals surface area contributed by atoms with Crippen LogP contribution in [0.5, 0.6) is 0 Å². The summed E-state index contributed by atoms with van der Waals surface area (Å²) < 4.78 is 8.86. The third-order valence-corrected chi connectivity index (χ3v) is 5.46. The Morgan fingerprint density at radius 3 is 2.70 bits per heavy atom. The molecule has 2 heterocycles. The number of nitrogens with zero attached hydrogens (tertiary/aromatic N) is 2. The molecule has 1 aliphatic rings. The number of carbonyl (C=O) groups excluding carboxylic acids is 2. The van der Waals surface area contributed by atoms with Gasteiger partial charge >= 0.3 is 5.69 Å². The van der Waals surface area contributed by atoms with E-state index < -0.39 is 11.9 Å². The molecule has 1 saturated heterocycles. The topological polar surface area (TPSA) is 94.4 Å². The Kier molecular flexibility index (Phi) is 7.44. The van der Waals surface area contributed by atoms with Crippen molar-refractivity contribution in [2.45, 2.75) is 58.0 Å². The van der Waals surface area contributed by atoms with Gasteiger partial charge in [-0.15, -0.1) is 0 Å². The Morgan fingerprint density at radius 1 is 1.20 bits per heavy atom. The molecule has 164 valence electrons. The number of piperidine rings is 1. The lowest BCUT2D eigenvalue weighted by molar-refractivity contribution is -0.135. The predicted molar refractivity (Wildman–Crippen MR) is 115 cm³/mol. The van der Waals surface area contributed by atoms with E-state index in [9.17, 15) is 14.4 Å². The number of para-hydroxylation sites is 1. The highest BCUT2D eigenvalue weighted by molar-refractivity contribution is 6.00. The molecule has 30 heavy (non-hydrogen) atoms. The Hall–Kier alpha value is -2.45. The average Bonchev–Trinajstić information content (AvgIpc) is 2.95. The average molecular weight is 417 g/mol. The number of fused-ring (bicyclic) bond motifs is 1. The number of nitrogens with one attached hydrogen (secondary N) is 2. The van der Waals surface area contributed by atoms with Gasteiger partial charge in [-0.25, -0.2) is 4.79 Å². The van der Waals surface area contributed by atoms with E-state index in [4.69, 9.17) is 4.74 Å². The summed E-state index contributed by atoms with van der Waals surface area (Å²) in [6.45, 7) is 6.60. The van der Waals surface area contributed by atoms with Gasteiger partial charge in [0.25, 0.3) is 0 Å². The number of benzene rings is 1. The lowest BCUT2D eigenvalue weighted by Gasteiger charge is -2.21. The van der Waals surface area contributed by atoms with Gasteiger partial charge in [0.1, 0.15) is 6.04 Å². The molecule has 0 spiro atoms. The SMILES string of the molecule is CC(C)NCCCOCCCc1cccc2c1n(C)c(=O)n2C1CCC(=O)NC1=O. The first-order valence-electron chi connectivity index (χ1n) is 10.7. The van der Waals surface area contributed by atoms with Crippen LogP contribution in [0.2, 0.25) is 0 Å². The number of amides is 2. The molecule has 0 bridgehead atoms. The number of hydrogen-bond acceptors (Lipinski definition) is 5. The fraction of sp³-hybridized carbons (Fsp3) is 0.591. The Morgan fingerprint density at radius 2 is 1.97 bits per heavy atom. The molecule has 2 aromatic rings. The molecule has 0 aliphatic carbocycles. The number of hydrogen-bond donors (Lipinski definition) is 2. The number of rotatable bonds is 10. The van der Waals surface area contributed by atoms with Crippen LogP contribution in [-0.2, 0) is 27.8 Å². The third-order valence-electron chi connectivity index (χ3n) is 5.46. The summed E-state index contributed by atoms with van der Waals surface area (Å²) in [5.74, 6) is -0.697. The molecule has 1 aromatic carbocycles. The van der Waals surface area contributed by atoms with E-state index in [1.165, 1.54) is 4.57 Å². The molecule has 2 N–H and O–H groups in total. The zero-order chi connectivity index (χ0) is 21.7.